The summed E-state index contributed by atoms with van der Waals surface area (Å²) in [7, 11) is 0. The Hall–Kier alpha value is -2.35. The maximum atomic E-state index is 9.33. The van der Waals surface area contributed by atoms with Crippen LogP contribution in [0.5, 0.6) is 5.75 Å². The summed E-state index contributed by atoms with van der Waals surface area (Å²) < 4.78 is 1.69. The number of rotatable bonds is 4. The molecule has 0 aliphatic carbocycles. The first-order chi connectivity index (χ1) is 9.21. The van der Waals surface area contributed by atoms with Crippen molar-refractivity contribution >= 4 is 0 Å². The topological polar surface area (TPSA) is 74.7 Å². The van der Waals surface area contributed by atoms with Gasteiger partial charge < -0.3 is 5.11 Å². The van der Waals surface area contributed by atoms with Gasteiger partial charge in [-0.3, -0.25) is 0 Å². The van der Waals surface area contributed by atoms with Gasteiger partial charge in [0.15, 0.2) is 5.69 Å². The third-order valence-corrected chi connectivity index (χ3v) is 3.28. The molecule has 1 heterocycles. The zero-order valence-corrected chi connectivity index (χ0v) is 11.0. The predicted octanol–water partition coefficient (Wildman–Crippen LogP) is 2.75. The Balaban J connectivity index is 2.55. The van der Waals surface area contributed by atoms with Crippen LogP contribution in [-0.2, 0) is 0 Å². The number of nitrogens with zero attached hydrogens (tertiary/aromatic N) is 4. The molecule has 2 aromatic rings. The summed E-state index contributed by atoms with van der Waals surface area (Å²) in [6.45, 7) is 4.17. The number of aromatic hydroxyl groups is 1. The Kier molecular flexibility index (Phi) is 3.81. The van der Waals surface area contributed by atoms with Crippen molar-refractivity contribution < 1.29 is 5.11 Å². The molecule has 0 saturated carbocycles. The Bertz CT molecular complexity index is 591. The first-order valence-electron chi connectivity index (χ1n) is 6.36. The summed E-state index contributed by atoms with van der Waals surface area (Å²) >= 11 is 0. The molecular formula is C14H16N4O. The minimum absolute atomic E-state index is 0.202. The van der Waals surface area contributed by atoms with E-state index in [0.29, 0.717) is 5.69 Å². The fourth-order valence-corrected chi connectivity index (χ4v) is 2.20. The molecule has 5 nitrogen and oxygen atoms in total. The number of hydrogen-bond acceptors (Lipinski definition) is 4. The van der Waals surface area contributed by atoms with E-state index in [0.717, 1.165) is 24.2 Å². The van der Waals surface area contributed by atoms with Crippen molar-refractivity contribution in [3.63, 3.8) is 0 Å². The molecule has 0 amide bonds. The molecule has 0 aliphatic rings. The number of phenols is 1. The number of hydrogen-bond donors (Lipinski definition) is 1. The maximum Gasteiger partial charge on any atom is 0.186 e. The Morgan fingerprint density at radius 1 is 1.26 bits per heavy atom. The molecule has 0 saturated heterocycles. The Morgan fingerprint density at radius 2 is 1.89 bits per heavy atom. The molecule has 5 heteroatoms. The quantitative estimate of drug-likeness (QED) is 0.912. The second-order valence-electron chi connectivity index (χ2n) is 4.38. The molecule has 0 aliphatic heterocycles. The van der Waals surface area contributed by atoms with Gasteiger partial charge in [-0.1, -0.05) is 19.1 Å². The molecule has 2 rings (SSSR count). The van der Waals surface area contributed by atoms with E-state index in [-0.39, 0.29) is 11.7 Å². The second kappa shape index (κ2) is 5.53. The van der Waals surface area contributed by atoms with Gasteiger partial charge in [-0.15, -0.1) is 5.10 Å². The lowest BCUT2D eigenvalue weighted by atomic mass is 9.97. The summed E-state index contributed by atoms with van der Waals surface area (Å²) in [5.41, 5.74) is 2.02. The highest BCUT2D eigenvalue weighted by Gasteiger charge is 2.20. The molecule has 0 fully saturated rings. The third kappa shape index (κ3) is 2.43. The molecule has 0 radical (unpaired) electrons. The lowest BCUT2D eigenvalue weighted by Gasteiger charge is -2.14. The molecule has 1 aromatic carbocycles. The van der Waals surface area contributed by atoms with Crippen molar-refractivity contribution in [3.8, 4) is 17.5 Å². The Morgan fingerprint density at radius 3 is 2.42 bits per heavy atom. The van der Waals surface area contributed by atoms with E-state index < -0.39 is 0 Å². The SMILES string of the molecule is CCC(CC)c1c(C#N)nnn1-c1ccc(O)cc1. The highest BCUT2D eigenvalue weighted by molar-refractivity contribution is 5.40. The smallest absolute Gasteiger partial charge is 0.186 e. The molecule has 0 atom stereocenters. The van der Waals surface area contributed by atoms with E-state index in [2.05, 4.69) is 30.2 Å². The third-order valence-electron chi connectivity index (χ3n) is 3.28. The van der Waals surface area contributed by atoms with E-state index in [9.17, 15) is 5.11 Å². The van der Waals surface area contributed by atoms with Crippen LogP contribution in [0.4, 0.5) is 0 Å². The van der Waals surface area contributed by atoms with Crippen molar-refractivity contribution in [3.05, 3.63) is 35.7 Å². The summed E-state index contributed by atoms with van der Waals surface area (Å²) in [4.78, 5) is 0. The number of aromatic nitrogens is 3. The average Bonchev–Trinajstić information content (AvgIpc) is 2.85. The minimum atomic E-state index is 0.202. The molecule has 1 aromatic heterocycles. The van der Waals surface area contributed by atoms with Gasteiger partial charge in [-0.2, -0.15) is 5.26 Å². The van der Waals surface area contributed by atoms with Crippen LogP contribution < -0.4 is 0 Å². The largest absolute Gasteiger partial charge is 0.508 e. The lowest BCUT2D eigenvalue weighted by molar-refractivity contribution is 0.475. The highest BCUT2D eigenvalue weighted by atomic mass is 16.3. The van der Waals surface area contributed by atoms with Crippen molar-refractivity contribution in [2.75, 3.05) is 0 Å². The van der Waals surface area contributed by atoms with Crippen LogP contribution in [-0.4, -0.2) is 20.1 Å². The van der Waals surface area contributed by atoms with Crippen LogP contribution in [0, 0.1) is 11.3 Å². The fourth-order valence-electron chi connectivity index (χ4n) is 2.20. The predicted molar refractivity (Wildman–Crippen MR) is 71.1 cm³/mol. The molecular weight excluding hydrogens is 240 g/mol. The molecule has 0 unspecified atom stereocenters. The lowest BCUT2D eigenvalue weighted by Crippen LogP contribution is -2.08. The zero-order chi connectivity index (χ0) is 13.8. The van der Waals surface area contributed by atoms with Crippen molar-refractivity contribution in [2.45, 2.75) is 32.6 Å². The van der Waals surface area contributed by atoms with Crippen molar-refractivity contribution in [1.82, 2.24) is 15.0 Å². The number of nitriles is 1. The van der Waals surface area contributed by atoms with E-state index in [4.69, 9.17) is 5.26 Å². The van der Waals surface area contributed by atoms with Crippen LogP contribution in [0.15, 0.2) is 24.3 Å². The molecule has 1 N–H and O–H groups in total. The van der Waals surface area contributed by atoms with Gasteiger partial charge in [0, 0.05) is 5.92 Å². The van der Waals surface area contributed by atoms with Crippen molar-refractivity contribution in [2.24, 2.45) is 0 Å². The summed E-state index contributed by atoms with van der Waals surface area (Å²) in [5.74, 6) is 0.451. The summed E-state index contributed by atoms with van der Waals surface area (Å²) in [6, 6.07) is 8.82. The van der Waals surface area contributed by atoms with E-state index in [1.807, 2.05) is 0 Å². The zero-order valence-electron chi connectivity index (χ0n) is 11.0. The highest BCUT2D eigenvalue weighted by Crippen LogP contribution is 2.27. The first kappa shape index (κ1) is 13.1. The average molecular weight is 256 g/mol. The minimum Gasteiger partial charge on any atom is -0.508 e. The van der Waals surface area contributed by atoms with Crippen LogP contribution in [0.3, 0.4) is 0 Å². The van der Waals surface area contributed by atoms with Gasteiger partial charge >= 0.3 is 0 Å². The van der Waals surface area contributed by atoms with Crippen molar-refractivity contribution in [1.29, 1.82) is 5.26 Å². The molecule has 0 bridgehead atoms. The first-order valence-corrected chi connectivity index (χ1v) is 6.36. The maximum absolute atomic E-state index is 9.33. The van der Waals surface area contributed by atoms with E-state index >= 15 is 0 Å². The molecule has 98 valence electrons. The summed E-state index contributed by atoms with van der Waals surface area (Å²) in [5, 5.41) is 26.5. The Labute approximate surface area is 112 Å². The van der Waals surface area contributed by atoms with E-state index in [1.54, 1.807) is 28.9 Å². The van der Waals surface area contributed by atoms with Gasteiger partial charge in [-0.05, 0) is 37.1 Å². The van der Waals surface area contributed by atoms with E-state index in [1.165, 1.54) is 0 Å². The van der Waals surface area contributed by atoms with Crippen LogP contribution >= 0.6 is 0 Å². The second-order valence-corrected chi connectivity index (χ2v) is 4.38. The monoisotopic (exact) mass is 256 g/mol. The number of phenolic OH excluding ortho intramolecular Hbond substituents is 1. The van der Waals surface area contributed by atoms with Crippen LogP contribution in [0.1, 0.15) is 44.0 Å². The van der Waals surface area contributed by atoms with Crippen LogP contribution in [0.2, 0.25) is 0 Å². The summed E-state index contributed by atoms with van der Waals surface area (Å²) in [6.07, 6.45) is 1.85. The standard InChI is InChI=1S/C14H16N4O/c1-3-10(4-2)14-13(9-15)16-17-18(14)11-5-7-12(19)8-6-11/h5-8,10,19H,3-4H2,1-2H3. The van der Waals surface area contributed by atoms with Gasteiger partial charge in [0.1, 0.15) is 11.8 Å². The van der Waals surface area contributed by atoms with Gasteiger partial charge in [-0.25, -0.2) is 4.68 Å². The van der Waals surface area contributed by atoms with Gasteiger partial charge in [0.2, 0.25) is 0 Å². The van der Waals surface area contributed by atoms with Gasteiger partial charge in [0.05, 0.1) is 11.4 Å². The van der Waals surface area contributed by atoms with Gasteiger partial charge in [0.25, 0.3) is 0 Å². The van der Waals surface area contributed by atoms with Crippen LogP contribution in [0.25, 0.3) is 5.69 Å². The molecule has 0 spiro atoms. The molecule has 19 heavy (non-hydrogen) atoms. The number of benzene rings is 1. The fraction of sp³-hybridized carbons (Fsp3) is 0.357. The normalized spacial score (nSPS) is 10.6.